The van der Waals surface area contributed by atoms with E-state index >= 15 is 0 Å². The van der Waals surface area contributed by atoms with Crippen LogP contribution in [0.15, 0.2) is 42.5 Å². The maximum atomic E-state index is 13.1. The Morgan fingerprint density at radius 1 is 1.00 bits per heavy atom. The standard InChI is InChI=1S/C22H26N2O3/c1-26-20-9-5-8-19(21(20)27-2)22(25)24-13-11-18(15-24)23-12-10-16-6-3-4-7-17(16)14-23/h3-9,18H,10-15H2,1-2H3. The number of likely N-dealkylation sites (tertiary alicyclic amines) is 1. The Morgan fingerprint density at radius 3 is 2.59 bits per heavy atom. The molecule has 0 spiro atoms. The van der Waals surface area contributed by atoms with Crippen LogP contribution in [0.25, 0.3) is 0 Å². The van der Waals surface area contributed by atoms with E-state index in [9.17, 15) is 4.79 Å². The molecule has 27 heavy (non-hydrogen) atoms. The minimum atomic E-state index is 0.0191. The summed E-state index contributed by atoms with van der Waals surface area (Å²) in [5.74, 6) is 1.12. The first-order chi connectivity index (χ1) is 13.2. The molecule has 1 atom stereocenters. The number of rotatable bonds is 4. The quantitative estimate of drug-likeness (QED) is 0.834. The van der Waals surface area contributed by atoms with Gasteiger partial charge >= 0.3 is 0 Å². The minimum Gasteiger partial charge on any atom is -0.493 e. The van der Waals surface area contributed by atoms with Gasteiger partial charge in [-0.15, -0.1) is 0 Å². The number of carbonyl (C=O) groups excluding carboxylic acids is 1. The smallest absolute Gasteiger partial charge is 0.257 e. The summed E-state index contributed by atoms with van der Waals surface area (Å²) in [5, 5.41) is 0. The van der Waals surface area contributed by atoms with Crippen molar-refractivity contribution in [2.24, 2.45) is 0 Å². The van der Waals surface area contributed by atoms with Crippen molar-refractivity contribution in [3.63, 3.8) is 0 Å². The average Bonchev–Trinajstić information content (AvgIpc) is 3.22. The Morgan fingerprint density at radius 2 is 1.81 bits per heavy atom. The third-order valence-corrected chi connectivity index (χ3v) is 5.76. The highest BCUT2D eigenvalue weighted by Crippen LogP contribution is 2.33. The van der Waals surface area contributed by atoms with Gasteiger partial charge in [0.1, 0.15) is 0 Å². The van der Waals surface area contributed by atoms with E-state index in [-0.39, 0.29) is 5.91 Å². The van der Waals surface area contributed by atoms with Gasteiger partial charge in [-0.05, 0) is 36.1 Å². The molecule has 1 unspecified atom stereocenters. The number of carbonyl (C=O) groups is 1. The fourth-order valence-electron chi connectivity index (χ4n) is 4.28. The van der Waals surface area contributed by atoms with Crippen molar-refractivity contribution in [1.29, 1.82) is 0 Å². The zero-order valence-corrected chi connectivity index (χ0v) is 16.0. The summed E-state index contributed by atoms with van der Waals surface area (Å²) in [4.78, 5) is 17.6. The number of amides is 1. The summed E-state index contributed by atoms with van der Waals surface area (Å²) in [6, 6.07) is 14.6. The van der Waals surface area contributed by atoms with Gasteiger partial charge in [-0.2, -0.15) is 0 Å². The van der Waals surface area contributed by atoms with Crippen LogP contribution in [0, 0.1) is 0 Å². The predicted molar refractivity (Wildman–Crippen MR) is 104 cm³/mol. The van der Waals surface area contributed by atoms with Crippen LogP contribution in [0.5, 0.6) is 11.5 Å². The number of hydrogen-bond donors (Lipinski definition) is 0. The Kier molecular flexibility index (Phi) is 5.03. The zero-order valence-electron chi connectivity index (χ0n) is 16.0. The first kappa shape index (κ1) is 17.9. The zero-order chi connectivity index (χ0) is 18.8. The molecular formula is C22H26N2O3. The summed E-state index contributed by atoms with van der Waals surface area (Å²) in [6.45, 7) is 3.58. The Labute approximate surface area is 160 Å². The SMILES string of the molecule is COc1cccc(C(=O)N2CCC(N3CCc4ccccc4C3)C2)c1OC. The number of ether oxygens (including phenoxy) is 2. The normalized spacial score (nSPS) is 19.6. The summed E-state index contributed by atoms with van der Waals surface area (Å²) in [7, 11) is 3.17. The second-order valence-corrected chi connectivity index (χ2v) is 7.22. The molecule has 0 N–H and O–H groups in total. The van der Waals surface area contributed by atoms with Gasteiger partial charge in [-0.25, -0.2) is 0 Å². The number of methoxy groups -OCH3 is 2. The average molecular weight is 366 g/mol. The highest BCUT2D eigenvalue weighted by Gasteiger charge is 2.33. The molecule has 2 aromatic rings. The van der Waals surface area contributed by atoms with Crippen LogP contribution >= 0.6 is 0 Å². The molecule has 142 valence electrons. The van der Waals surface area contributed by atoms with Crippen LogP contribution in [-0.2, 0) is 13.0 Å². The van der Waals surface area contributed by atoms with Crippen molar-refractivity contribution in [3.05, 3.63) is 59.2 Å². The van der Waals surface area contributed by atoms with Gasteiger partial charge in [0.25, 0.3) is 5.91 Å². The fraction of sp³-hybridized carbons (Fsp3) is 0.409. The van der Waals surface area contributed by atoms with Crippen LogP contribution in [0.1, 0.15) is 27.9 Å². The summed E-state index contributed by atoms with van der Waals surface area (Å²) < 4.78 is 10.8. The van der Waals surface area contributed by atoms with Gasteiger partial charge in [0.05, 0.1) is 19.8 Å². The van der Waals surface area contributed by atoms with E-state index in [2.05, 4.69) is 29.2 Å². The molecule has 0 aromatic heterocycles. The Bertz CT molecular complexity index is 836. The second-order valence-electron chi connectivity index (χ2n) is 7.22. The van der Waals surface area contributed by atoms with E-state index < -0.39 is 0 Å². The molecule has 1 fully saturated rings. The highest BCUT2D eigenvalue weighted by atomic mass is 16.5. The van der Waals surface area contributed by atoms with Gasteiger partial charge in [0.2, 0.25) is 0 Å². The topological polar surface area (TPSA) is 42.0 Å². The lowest BCUT2D eigenvalue weighted by atomic mass is 9.98. The van der Waals surface area contributed by atoms with Gasteiger partial charge < -0.3 is 14.4 Å². The van der Waals surface area contributed by atoms with Crippen LogP contribution in [0.3, 0.4) is 0 Å². The summed E-state index contributed by atoms with van der Waals surface area (Å²) in [5.41, 5.74) is 3.45. The first-order valence-corrected chi connectivity index (χ1v) is 9.52. The number of fused-ring (bicyclic) bond motifs is 1. The van der Waals surface area contributed by atoms with E-state index in [1.165, 1.54) is 11.1 Å². The number of benzene rings is 2. The lowest BCUT2D eigenvalue weighted by Gasteiger charge is -2.33. The molecule has 1 amide bonds. The molecule has 0 bridgehead atoms. The van der Waals surface area contributed by atoms with Gasteiger partial charge in [-0.1, -0.05) is 30.3 Å². The molecule has 0 radical (unpaired) electrons. The van der Waals surface area contributed by atoms with Crippen molar-refractivity contribution < 1.29 is 14.3 Å². The van der Waals surface area contributed by atoms with Crippen LogP contribution < -0.4 is 9.47 Å². The van der Waals surface area contributed by atoms with Gasteiger partial charge in [-0.3, -0.25) is 9.69 Å². The first-order valence-electron chi connectivity index (χ1n) is 9.52. The Balaban J connectivity index is 1.47. The van der Waals surface area contributed by atoms with E-state index in [1.54, 1.807) is 14.2 Å². The van der Waals surface area contributed by atoms with Crippen molar-refractivity contribution in [2.75, 3.05) is 33.9 Å². The van der Waals surface area contributed by atoms with Gasteiger partial charge in [0, 0.05) is 32.2 Å². The fourth-order valence-corrected chi connectivity index (χ4v) is 4.28. The lowest BCUT2D eigenvalue weighted by molar-refractivity contribution is 0.0769. The third kappa shape index (κ3) is 3.39. The van der Waals surface area contributed by atoms with E-state index in [1.807, 2.05) is 23.1 Å². The summed E-state index contributed by atoms with van der Waals surface area (Å²) in [6.07, 6.45) is 2.10. The Hall–Kier alpha value is -2.53. The molecule has 2 heterocycles. The number of para-hydroxylation sites is 1. The monoisotopic (exact) mass is 366 g/mol. The van der Waals surface area contributed by atoms with E-state index in [0.717, 1.165) is 39.0 Å². The van der Waals surface area contributed by atoms with Crippen molar-refractivity contribution in [3.8, 4) is 11.5 Å². The molecule has 2 aliphatic heterocycles. The predicted octanol–water partition coefficient (Wildman–Crippen LogP) is 2.98. The van der Waals surface area contributed by atoms with Gasteiger partial charge in [0.15, 0.2) is 11.5 Å². The van der Waals surface area contributed by atoms with Crippen LogP contribution in [0.2, 0.25) is 0 Å². The van der Waals surface area contributed by atoms with Crippen molar-refractivity contribution in [1.82, 2.24) is 9.80 Å². The second kappa shape index (κ2) is 7.61. The maximum absolute atomic E-state index is 13.1. The maximum Gasteiger partial charge on any atom is 0.257 e. The summed E-state index contributed by atoms with van der Waals surface area (Å²) >= 11 is 0. The number of hydrogen-bond acceptors (Lipinski definition) is 4. The molecule has 5 heteroatoms. The molecule has 2 aliphatic rings. The van der Waals surface area contributed by atoms with Crippen molar-refractivity contribution >= 4 is 5.91 Å². The van der Waals surface area contributed by atoms with Crippen LogP contribution in [-0.4, -0.2) is 55.6 Å². The molecule has 1 saturated heterocycles. The lowest BCUT2D eigenvalue weighted by Crippen LogP contribution is -2.41. The molecule has 0 saturated carbocycles. The molecule has 2 aromatic carbocycles. The van der Waals surface area contributed by atoms with E-state index in [4.69, 9.17) is 9.47 Å². The van der Waals surface area contributed by atoms with Crippen LogP contribution in [0.4, 0.5) is 0 Å². The van der Waals surface area contributed by atoms with Crippen molar-refractivity contribution in [2.45, 2.75) is 25.4 Å². The highest BCUT2D eigenvalue weighted by molar-refractivity contribution is 5.98. The molecule has 0 aliphatic carbocycles. The minimum absolute atomic E-state index is 0.0191. The van der Waals surface area contributed by atoms with E-state index in [0.29, 0.717) is 23.1 Å². The molecule has 5 nitrogen and oxygen atoms in total. The molecule has 4 rings (SSSR count). The largest absolute Gasteiger partial charge is 0.493 e. The molecular weight excluding hydrogens is 340 g/mol. The number of nitrogens with zero attached hydrogens (tertiary/aromatic N) is 2. The third-order valence-electron chi connectivity index (χ3n) is 5.76.